The molecule has 1 aliphatic carbocycles. The van der Waals surface area contributed by atoms with E-state index in [1.165, 1.54) is 0 Å². The fraction of sp³-hybridized carbons (Fsp3) is 0.923. The summed E-state index contributed by atoms with van der Waals surface area (Å²) < 4.78 is 10.9. The maximum Gasteiger partial charge on any atom is 0.191 e. The van der Waals surface area contributed by atoms with Crippen LogP contribution < -0.4 is 5.73 Å². The smallest absolute Gasteiger partial charge is 0.191 e. The highest BCUT2D eigenvalue weighted by atomic mass is 127. The van der Waals surface area contributed by atoms with Crippen LogP contribution in [0.4, 0.5) is 0 Å². The fourth-order valence-corrected chi connectivity index (χ4v) is 2.75. The van der Waals surface area contributed by atoms with Gasteiger partial charge in [0.25, 0.3) is 0 Å². The van der Waals surface area contributed by atoms with E-state index < -0.39 is 0 Å². The van der Waals surface area contributed by atoms with Crippen molar-refractivity contribution in [3.8, 4) is 0 Å². The van der Waals surface area contributed by atoms with Crippen molar-refractivity contribution >= 4 is 29.9 Å². The van der Waals surface area contributed by atoms with Crippen LogP contribution in [-0.4, -0.2) is 55.9 Å². The second-order valence-corrected chi connectivity index (χ2v) is 5.91. The van der Waals surface area contributed by atoms with Crippen molar-refractivity contribution in [1.29, 1.82) is 0 Å². The topological polar surface area (TPSA) is 60.1 Å². The summed E-state index contributed by atoms with van der Waals surface area (Å²) in [6, 6.07) is 0.264. The summed E-state index contributed by atoms with van der Waals surface area (Å²) in [6.07, 6.45) is 1.49. The lowest BCUT2D eigenvalue weighted by atomic mass is 9.65. The fourth-order valence-electron chi connectivity index (χ4n) is 2.75. The van der Waals surface area contributed by atoms with Crippen LogP contribution in [0.1, 0.15) is 27.2 Å². The molecule has 0 aromatic rings. The van der Waals surface area contributed by atoms with Gasteiger partial charge in [0.15, 0.2) is 5.96 Å². The van der Waals surface area contributed by atoms with Crippen molar-refractivity contribution in [2.45, 2.75) is 45.4 Å². The minimum atomic E-state index is 0. The summed E-state index contributed by atoms with van der Waals surface area (Å²) in [7, 11) is 1.76. The van der Waals surface area contributed by atoms with E-state index in [2.05, 4.69) is 30.7 Å². The van der Waals surface area contributed by atoms with Crippen molar-refractivity contribution in [2.24, 2.45) is 16.1 Å². The molecule has 2 N–H and O–H groups in total. The third kappa shape index (κ3) is 3.52. The van der Waals surface area contributed by atoms with E-state index in [1.54, 1.807) is 7.11 Å². The Hall–Kier alpha value is -0.0800. The van der Waals surface area contributed by atoms with E-state index in [4.69, 9.17) is 15.2 Å². The quantitative estimate of drug-likeness (QED) is 0.446. The molecule has 0 aromatic heterocycles. The van der Waals surface area contributed by atoms with Gasteiger partial charge in [-0.15, -0.1) is 24.0 Å². The zero-order valence-electron chi connectivity index (χ0n) is 12.3. The lowest BCUT2D eigenvalue weighted by molar-refractivity contribution is -0.0855. The second kappa shape index (κ2) is 6.58. The Bertz CT molecular complexity index is 336. The molecule has 0 bridgehead atoms. The molecule has 2 aliphatic rings. The van der Waals surface area contributed by atoms with Gasteiger partial charge in [0.1, 0.15) is 0 Å². The molecule has 5 nitrogen and oxygen atoms in total. The van der Waals surface area contributed by atoms with Gasteiger partial charge in [-0.2, -0.15) is 0 Å². The van der Waals surface area contributed by atoms with E-state index in [9.17, 15) is 0 Å². The number of methoxy groups -OCH3 is 1. The number of aliphatic imine (C=N–C) groups is 1. The average Bonchev–Trinajstić information content (AvgIpc) is 2.33. The first-order chi connectivity index (χ1) is 8.45. The molecule has 2 rings (SSSR count). The van der Waals surface area contributed by atoms with Crippen LogP contribution in [0.5, 0.6) is 0 Å². The van der Waals surface area contributed by atoms with Crippen LogP contribution in [0.3, 0.4) is 0 Å². The maximum atomic E-state index is 6.11. The number of hydrogen-bond donors (Lipinski definition) is 1. The van der Waals surface area contributed by atoms with E-state index in [0.717, 1.165) is 26.1 Å². The Morgan fingerprint density at radius 1 is 1.47 bits per heavy atom. The molecule has 3 unspecified atom stereocenters. The van der Waals surface area contributed by atoms with Gasteiger partial charge < -0.3 is 20.1 Å². The summed E-state index contributed by atoms with van der Waals surface area (Å²) in [6.45, 7) is 8.83. The lowest BCUT2D eigenvalue weighted by Crippen LogP contribution is -2.55. The molecule has 0 spiro atoms. The second-order valence-electron chi connectivity index (χ2n) is 5.91. The first kappa shape index (κ1) is 17.0. The largest absolute Gasteiger partial charge is 0.381 e. The van der Waals surface area contributed by atoms with Crippen LogP contribution in [0.2, 0.25) is 0 Å². The molecule has 1 heterocycles. The van der Waals surface area contributed by atoms with Gasteiger partial charge >= 0.3 is 0 Å². The van der Waals surface area contributed by atoms with Gasteiger partial charge in [0.05, 0.1) is 24.9 Å². The van der Waals surface area contributed by atoms with Crippen LogP contribution in [0.25, 0.3) is 0 Å². The monoisotopic (exact) mass is 383 g/mol. The molecular formula is C13H26IN3O2. The molecule has 19 heavy (non-hydrogen) atoms. The summed E-state index contributed by atoms with van der Waals surface area (Å²) in [5.41, 5.74) is 6.19. The predicted octanol–water partition coefficient (Wildman–Crippen LogP) is 1.45. The molecule has 6 heteroatoms. The van der Waals surface area contributed by atoms with E-state index in [1.807, 2.05) is 0 Å². The zero-order valence-corrected chi connectivity index (χ0v) is 14.6. The number of guanidine groups is 1. The first-order valence-corrected chi connectivity index (χ1v) is 6.67. The Balaban J connectivity index is 0.00000180. The zero-order chi connectivity index (χ0) is 13.3. The highest BCUT2D eigenvalue weighted by molar-refractivity contribution is 14.0. The Morgan fingerprint density at radius 2 is 2.16 bits per heavy atom. The number of nitrogens with zero attached hydrogens (tertiary/aromatic N) is 2. The molecule has 1 aliphatic heterocycles. The summed E-state index contributed by atoms with van der Waals surface area (Å²) >= 11 is 0. The maximum absolute atomic E-state index is 6.11. The molecule has 0 amide bonds. The molecule has 2 fully saturated rings. The molecule has 0 radical (unpaired) electrons. The number of nitrogens with two attached hydrogens (primary N) is 1. The minimum absolute atomic E-state index is 0. The van der Waals surface area contributed by atoms with Gasteiger partial charge in [0.2, 0.25) is 0 Å². The number of ether oxygens (including phenoxy) is 2. The Kier molecular flexibility index (Phi) is 5.88. The number of halogens is 1. The third-order valence-electron chi connectivity index (χ3n) is 4.26. The van der Waals surface area contributed by atoms with Crippen molar-refractivity contribution in [2.75, 3.05) is 26.8 Å². The van der Waals surface area contributed by atoms with Crippen molar-refractivity contribution in [3.63, 3.8) is 0 Å². The van der Waals surface area contributed by atoms with Gasteiger partial charge in [0, 0.05) is 25.6 Å². The average molecular weight is 383 g/mol. The van der Waals surface area contributed by atoms with E-state index in [0.29, 0.717) is 12.1 Å². The van der Waals surface area contributed by atoms with Crippen molar-refractivity contribution in [1.82, 2.24) is 4.90 Å². The number of hydrogen-bond acceptors (Lipinski definition) is 3. The normalized spacial score (nSPS) is 34.4. The Labute approximate surface area is 132 Å². The first-order valence-electron chi connectivity index (χ1n) is 6.67. The van der Waals surface area contributed by atoms with Crippen LogP contribution in [-0.2, 0) is 9.47 Å². The van der Waals surface area contributed by atoms with Gasteiger partial charge in [-0.25, -0.2) is 4.99 Å². The molecule has 1 saturated heterocycles. The van der Waals surface area contributed by atoms with Crippen LogP contribution in [0, 0.1) is 5.41 Å². The molecule has 1 saturated carbocycles. The van der Waals surface area contributed by atoms with Crippen LogP contribution in [0.15, 0.2) is 4.99 Å². The SMILES string of the molecule is COC1CC(N=C(N)N2CCOC(C)C2)C1(C)C.I. The third-order valence-corrected chi connectivity index (χ3v) is 4.26. The highest BCUT2D eigenvalue weighted by Gasteiger charge is 2.49. The number of rotatable bonds is 2. The van der Waals surface area contributed by atoms with Gasteiger partial charge in [-0.05, 0) is 13.3 Å². The van der Waals surface area contributed by atoms with Crippen molar-refractivity contribution in [3.05, 3.63) is 0 Å². The van der Waals surface area contributed by atoms with E-state index >= 15 is 0 Å². The summed E-state index contributed by atoms with van der Waals surface area (Å²) in [5.74, 6) is 0.651. The lowest BCUT2D eigenvalue weighted by Gasteiger charge is -2.49. The summed E-state index contributed by atoms with van der Waals surface area (Å²) in [5, 5.41) is 0. The Morgan fingerprint density at radius 3 is 2.68 bits per heavy atom. The molecule has 3 atom stereocenters. The van der Waals surface area contributed by atoms with Gasteiger partial charge in [-0.3, -0.25) is 0 Å². The molecule has 112 valence electrons. The summed E-state index contributed by atoms with van der Waals surface area (Å²) in [4.78, 5) is 6.79. The standard InChI is InChI=1S/C13H25N3O2.HI/c1-9-8-16(5-6-18-9)12(14)15-10-7-11(17-4)13(10,2)3;/h9-11H,5-8H2,1-4H3,(H2,14,15);1H. The molecule has 0 aromatic carbocycles. The van der Waals surface area contributed by atoms with Crippen molar-refractivity contribution < 1.29 is 9.47 Å². The highest BCUT2D eigenvalue weighted by Crippen LogP contribution is 2.44. The van der Waals surface area contributed by atoms with E-state index in [-0.39, 0.29) is 41.5 Å². The van der Waals surface area contributed by atoms with Gasteiger partial charge in [-0.1, -0.05) is 13.8 Å². The number of morpholine rings is 1. The predicted molar refractivity (Wildman–Crippen MR) is 87.0 cm³/mol. The van der Waals surface area contributed by atoms with Crippen LogP contribution >= 0.6 is 24.0 Å². The minimum Gasteiger partial charge on any atom is -0.381 e. The molecular weight excluding hydrogens is 357 g/mol.